The van der Waals surface area contributed by atoms with Gasteiger partial charge < -0.3 is 4.74 Å². The average molecular weight is 213 g/mol. The summed E-state index contributed by atoms with van der Waals surface area (Å²) in [4.78, 5) is 0. The number of fused-ring (bicyclic) bond motifs is 1. The van der Waals surface area contributed by atoms with Gasteiger partial charge in [0.2, 0.25) is 0 Å². The number of hydrogen-bond acceptors (Lipinski definition) is 2. The summed E-state index contributed by atoms with van der Waals surface area (Å²) in [6.45, 7) is 2.06. The summed E-state index contributed by atoms with van der Waals surface area (Å²) in [5.41, 5.74) is 1.21. The molecule has 1 aromatic carbocycles. The highest BCUT2D eigenvalue weighted by atomic mass is 35.5. The third-order valence-electron chi connectivity index (χ3n) is 2.04. The topological polar surface area (TPSA) is 9.23 Å². The third kappa shape index (κ3) is 1.30. The number of ether oxygens (including phenoxy) is 1. The minimum atomic E-state index is 0.729. The van der Waals surface area contributed by atoms with Gasteiger partial charge >= 0.3 is 0 Å². The average Bonchev–Trinajstić information content (AvgIpc) is 2.42. The second kappa shape index (κ2) is 3.20. The lowest BCUT2D eigenvalue weighted by atomic mass is 10.1. The van der Waals surface area contributed by atoms with Gasteiger partial charge in [-0.2, -0.15) is 0 Å². The fraction of sp³-hybridized carbons (Fsp3) is 0.200. The van der Waals surface area contributed by atoms with Gasteiger partial charge in [0.1, 0.15) is 4.34 Å². The van der Waals surface area contributed by atoms with Gasteiger partial charge in [0.25, 0.3) is 0 Å². The number of thiophene rings is 1. The van der Waals surface area contributed by atoms with E-state index in [9.17, 15) is 0 Å². The maximum absolute atomic E-state index is 6.03. The van der Waals surface area contributed by atoms with Gasteiger partial charge in [-0.05, 0) is 18.6 Å². The summed E-state index contributed by atoms with van der Waals surface area (Å²) >= 11 is 7.59. The number of halogens is 1. The van der Waals surface area contributed by atoms with Crippen molar-refractivity contribution >= 4 is 33.0 Å². The Kier molecular flexibility index (Phi) is 2.18. The van der Waals surface area contributed by atoms with Crippen LogP contribution in [0, 0.1) is 6.92 Å². The third-order valence-corrected chi connectivity index (χ3v) is 3.37. The maximum Gasteiger partial charge on any atom is 0.156 e. The monoisotopic (exact) mass is 212 g/mol. The molecule has 0 N–H and O–H groups in total. The van der Waals surface area contributed by atoms with Gasteiger partial charge in [-0.15, -0.1) is 11.3 Å². The van der Waals surface area contributed by atoms with E-state index in [1.807, 2.05) is 6.07 Å². The van der Waals surface area contributed by atoms with E-state index in [4.69, 9.17) is 16.3 Å². The Hall–Kier alpha value is -0.730. The fourth-order valence-corrected chi connectivity index (χ4v) is 2.83. The first-order valence-electron chi connectivity index (χ1n) is 3.95. The highest BCUT2D eigenvalue weighted by molar-refractivity contribution is 7.23. The van der Waals surface area contributed by atoms with E-state index in [1.165, 1.54) is 10.3 Å². The standard InChI is InChI=1S/C10H9ClOS/c1-6-4-3-5-7-8(6)9(12-2)10(11)13-7/h3-5H,1-2H3. The number of hydrogen-bond donors (Lipinski definition) is 0. The Morgan fingerprint density at radius 2 is 2.15 bits per heavy atom. The minimum absolute atomic E-state index is 0.729. The largest absolute Gasteiger partial charge is 0.494 e. The van der Waals surface area contributed by atoms with Crippen LogP contribution in [0.1, 0.15) is 5.56 Å². The van der Waals surface area contributed by atoms with Crippen molar-refractivity contribution in [3.63, 3.8) is 0 Å². The molecule has 1 aromatic heterocycles. The summed E-state index contributed by atoms with van der Waals surface area (Å²) in [6.07, 6.45) is 0. The first kappa shape index (κ1) is 8.85. The lowest BCUT2D eigenvalue weighted by Gasteiger charge is -2.00. The molecule has 1 nitrogen and oxygen atoms in total. The molecule has 0 spiro atoms. The number of methoxy groups -OCH3 is 1. The molecule has 0 atom stereocenters. The van der Waals surface area contributed by atoms with Gasteiger partial charge in [0.15, 0.2) is 5.75 Å². The lowest BCUT2D eigenvalue weighted by Crippen LogP contribution is -1.82. The van der Waals surface area contributed by atoms with Gasteiger partial charge in [-0.25, -0.2) is 0 Å². The van der Waals surface area contributed by atoms with E-state index in [0.29, 0.717) is 0 Å². The molecule has 0 fully saturated rings. The summed E-state index contributed by atoms with van der Waals surface area (Å²) in [5, 5.41) is 1.14. The van der Waals surface area contributed by atoms with Crippen LogP contribution in [0.15, 0.2) is 18.2 Å². The van der Waals surface area contributed by atoms with E-state index >= 15 is 0 Å². The first-order chi connectivity index (χ1) is 6.24. The van der Waals surface area contributed by atoms with Crippen LogP contribution in [-0.2, 0) is 0 Å². The zero-order valence-electron chi connectivity index (χ0n) is 7.43. The number of aryl methyl sites for hydroxylation is 1. The maximum atomic E-state index is 6.03. The van der Waals surface area contributed by atoms with Gasteiger partial charge in [-0.3, -0.25) is 0 Å². The molecule has 0 radical (unpaired) electrons. The highest BCUT2D eigenvalue weighted by Crippen LogP contribution is 2.42. The first-order valence-corrected chi connectivity index (χ1v) is 5.15. The molecule has 2 aromatic rings. The molecule has 0 aliphatic heterocycles. The molecule has 2 rings (SSSR count). The molecule has 0 amide bonds. The molecular weight excluding hydrogens is 204 g/mol. The molecule has 3 heteroatoms. The van der Waals surface area contributed by atoms with Crippen LogP contribution in [0.3, 0.4) is 0 Å². The van der Waals surface area contributed by atoms with Crippen molar-refractivity contribution in [3.8, 4) is 5.75 Å². The van der Waals surface area contributed by atoms with E-state index in [1.54, 1.807) is 18.4 Å². The smallest absolute Gasteiger partial charge is 0.156 e. The van der Waals surface area contributed by atoms with Crippen molar-refractivity contribution in [2.75, 3.05) is 7.11 Å². The number of benzene rings is 1. The Morgan fingerprint density at radius 1 is 1.38 bits per heavy atom. The van der Waals surface area contributed by atoms with Crippen molar-refractivity contribution in [1.82, 2.24) is 0 Å². The van der Waals surface area contributed by atoms with Crippen molar-refractivity contribution in [1.29, 1.82) is 0 Å². The fourth-order valence-electron chi connectivity index (χ4n) is 1.44. The molecule has 1 heterocycles. The van der Waals surface area contributed by atoms with Crippen LogP contribution < -0.4 is 4.74 Å². The zero-order chi connectivity index (χ0) is 9.42. The van der Waals surface area contributed by atoms with Crippen molar-refractivity contribution in [2.45, 2.75) is 6.92 Å². The quantitative estimate of drug-likeness (QED) is 0.697. The van der Waals surface area contributed by atoms with Gasteiger partial charge in [0, 0.05) is 10.1 Å². The van der Waals surface area contributed by atoms with Crippen molar-refractivity contribution in [3.05, 3.63) is 28.1 Å². The number of rotatable bonds is 1. The Labute approximate surface area is 85.9 Å². The summed E-state index contributed by atoms with van der Waals surface area (Å²) < 4.78 is 7.17. The SMILES string of the molecule is COc1c(Cl)sc2cccc(C)c12. The van der Waals surface area contributed by atoms with Crippen LogP contribution in [-0.4, -0.2) is 7.11 Å². The molecule has 0 bridgehead atoms. The molecule has 13 heavy (non-hydrogen) atoms. The van der Waals surface area contributed by atoms with Crippen LogP contribution in [0.2, 0.25) is 4.34 Å². The Bertz CT molecular complexity index is 447. The molecule has 0 aliphatic rings. The Morgan fingerprint density at radius 3 is 2.85 bits per heavy atom. The van der Waals surface area contributed by atoms with E-state index in [0.717, 1.165) is 15.5 Å². The van der Waals surface area contributed by atoms with Gasteiger partial charge in [-0.1, -0.05) is 23.7 Å². The molecule has 0 saturated heterocycles. The second-order valence-electron chi connectivity index (χ2n) is 2.86. The van der Waals surface area contributed by atoms with Crippen LogP contribution >= 0.6 is 22.9 Å². The van der Waals surface area contributed by atoms with Crippen LogP contribution in [0.5, 0.6) is 5.75 Å². The van der Waals surface area contributed by atoms with E-state index < -0.39 is 0 Å². The summed E-state index contributed by atoms with van der Waals surface area (Å²) in [6, 6.07) is 6.15. The zero-order valence-corrected chi connectivity index (χ0v) is 9.00. The summed E-state index contributed by atoms with van der Waals surface area (Å²) in [7, 11) is 1.65. The van der Waals surface area contributed by atoms with Crippen molar-refractivity contribution < 1.29 is 4.74 Å². The van der Waals surface area contributed by atoms with Crippen LogP contribution in [0.4, 0.5) is 0 Å². The van der Waals surface area contributed by atoms with Crippen molar-refractivity contribution in [2.24, 2.45) is 0 Å². The predicted molar refractivity (Wildman–Crippen MR) is 58.1 cm³/mol. The predicted octanol–water partition coefficient (Wildman–Crippen LogP) is 3.87. The van der Waals surface area contributed by atoms with Crippen LogP contribution in [0.25, 0.3) is 10.1 Å². The molecule has 0 aliphatic carbocycles. The summed E-state index contributed by atoms with van der Waals surface area (Å²) in [5.74, 6) is 0.805. The lowest BCUT2D eigenvalue weighted by molar-refractivity contribution is 0.421. The molecule has 0 unspecified atom stereocenters. The molecule has 0 saturated carbocycles. The van der Waals surface area contributed by atoms with Gasteiger partial charge in [0.05, 0.1) is 7.11 Å². The van der Waals surface area contributed by atoms with E-state index in [-0.39, 0.29) is 0 Å². The molecular formula is C10H9ClOS. The normalized spacial score (nSPS) is 10.7. The second-order valence-corrected chi connectivity index (χ2v) is 4.51. The molecule has 68 valence electrons. The Balaban J connectivity index is 2.88. The van der Waals surface area contributed by atoms with E-state index in [2.05, 4.69) is 19.1 Å². The highest BCUT2D eigenvalue weighted by Gasteiger charge is 2.11. The minimum Gasteiger partial charge on any atom is -0.494 e.